The van der Waals surface area contributed by atoms with E-state index in [1.807, 2.05) is 18.2 Å². The molecule has 0 saturated heterocycles. The van der Waals surface area contributed by atoms with E-state index in [-0.39, 0.29) is 6.10 Å². The monoisotopic (exact) mass is 207 g/mol. The van der Waals surface area contributed by atoms with Gasteiger partial charge in [0.1, 0.15) is 6.10 Å². The third kappa shape index (κ3) is 2.93. The van der Waals surface area contributed by atoms with E-state index < -0.39 is 0 Å². The maximum atomic E-state index is 9.01. The third-order valence-corrected chi connectivity index (χ3v) is 2.98. The zero-order valence-electron chi connectivity index (χ0n) is 8.80. The molecule has 0 aromatic carbocycles. The van der Waals surface area contributed by atoms with Gasteiger partial charge in [-0.3, -0.25) is 0 Å². The molecule has 0 spiro atoms. The minimum atomic E-state index is 0.280. The van der Waals surface area contributed by atoms with Crippen molar-refractivity contribution < 1.29 is 9.84 Å². The summed E-state index contributed by atoms with van der Waals surface area (Å²) >= 11 is 0. The number of aliphatic hydroxyl groups excluding tert-OH is 1. The molecule has 1 heterocycles. The predicted molar refractivity (Wildman–Crippen MR) is 57.7 cm³/mol. The van der Waals surface area contributed by atoms with E-state index in [0.717, 1.165) is 25.7 Å². The lowest BCUT2D eigenvalue weighted by Crippen LogP contribution is -2.25. The van der Waals surface area contributed by atoms with Gasteiger partial charge in [0.2, 0.25) is 5.88 Å². The first-order valence-corrected chi connectivity index (χ1v) is 5.57. The molecule has 1 aliphatic rings. The molecule has 82 valence electrons. The average Bonchev–Trinajstić information content (AvgIpc) is 2.31. The third-order valence-electron chi connectivity index (χ3n) is 2.98. The Morgan fingerprint density at radius 1 is 1.27 bits per heavy atom. The van der Waals surface area contributed by atoms with Crippen LogP contribution in [-0.4, -0.2) is 22.8 Å². The van der Waals surface area contributed by atoms with Crippen LogP contribution in [-0.2, 0) is 0 Å². The molecule has 2 rings (SSSR count). The van der Waals surface area contributed by atoms with E-state index >= 15 is 0 Å². The van der Waals surface area contributed by atoms with Crippen LogP contribution in [0.15, 0.2) is 24.4 Å². The second kappa shape index (κ2) is 5.12. The Labute approximate surface area is 90.1 Å². The summed E-state index contributed by atoms with van der Waals surface area (Å²) in [6, 6.07) is 5.70. The minimum Gasteiger partial charge on any atom is -0.474 e. The summed E-state index contributed by atoms with van der Waals surface area (Å²) < 4.78 is 5.76. The van der Waals surface area contributed by atoms with Gasteiger partial charge in [0.25, 0.3) is 0 Å². The van der Waals surface area contributed by atoms with Crippen molar-refractivity contribution in [1.82, 2.24) is 4.98 Å². The highest BCUT2D eigenvalue weighted by Crippen LogP contribution is 2.26. The smallest absolute Gasteiger partial charge is 0.213 e. The molecule has 1 aromatic heterocycles. The van der Waals surface area contributed by atoms with Gasteiger partial charge in [0, 0.05) is 18.9 Å². The van der Waals surface area contributed by atoms with Crippen LogP contribution in [0.4, 0.5) is 0 Å². The van der Waals surface area contributed by atoms with E-state index in [2.05, 4.69) is 4.98 Å². The first-order valence-electron chi connectivity index (χ1n) is 5.57. The molecule has 0 bridgehead atoms. The summed E-state index contributed by atoms with van der Waals surface area (Å²) in [4.78, 5) is 4.14. The van der Waals surface area contributed by atoms with E-state index in [4.69, 9.17) is 9.84 Å². The predicted octanol–water partition coefficient (Wildman–Crippen LogP) is 2.01. The Bertz CT molecular complexity index is 281. The Morgan fingerprint density at radius 3 is 2.67 bits per heavy atom. The zero-order chi connectivity index (χ0) is 10.5. The van der Waals surface area contributed by atoms with Crippen molar-refractivity contribution in [3.8, 4) is 5.88 Å². The number of hydrogen-bond acceptors (Lipinski definition) is 3. The van der Waals surface area contributed by atoms with Gasteiger partial charge in [-0.25, -0.2) is 4.98 Å². The van der Waals surface area contributed by atoms with Crippen molar-refractivity contribution in [2.45, 2.75) is 31.8 Å². The lowest BCUT2D eigenvalue weighted by Gasteiger charge is -2.27. The van der Waals surface area contributed by atoms with Gasteiger partial charge in [-0.2, -0.15) is 0 Å². The maximum Gasteiger partial charge on any atom is 0.213 e. The molecular formula is C12H17NO2. The molecule has 0 unspecified atom stereocenters. The summed E-state index contributed by atoms with van der Waals surface area (Å²) in [5, 5.41) is 9.01. The van der Waals surface area contributed by atoms with Crippen LogP contribution in [0.25, 0.3) is 0 Å². The van der Waals surface area contributed by atoms with Crippen LogP contribution in [0.5, 0.6) is 5.88 Å². The second-order valence-corrected chi connectivity index (χ2v) is 4.11. The standard InChI is InChI=1S/C12H17NO2/c14-9-10-4-6-11(7-5-10)15-12-3-1-2-8-13-12/h1-3,8,10-11,14H,4-7,9H2. The molecule has 15 heavy (non-hydrogen) atoms. The molecule has 1 saturated carbocycles. The van der Waals surface area contributed by atoms with Crippen molar-refractivity contribution in [2.24, 2.45) is 5.92 Å². The quantitative estimate of drug-likeness (QED) is 0.824. The van der Waals surface area contributed by atoms with Crippen LogP contribution < -0.4 is 4.74 Å². The van der Waals surface area contributed by atoms with Crippen LogP contribution in [0.3, 0.4) is 0 Å². The number of nitrogens with zero attached hydrogens (tertiary/aromatic N) is 1. The molecule has 1 N–H and O–H groups in total. The molecule has 0 aliphatic heterocycles. The lowest BCUT2D eigenvalue weighted by atomic mass is 9.88. The number of rotatable bonds is 3. The molecule has 0 atom stereocenters. The fourth-order valence-electron chi connectivity index (χ4n) is 2.02. The van der Waals surface area contributed by atoms with Gasteiger partial charge in [0.15, 0.2) is 0 Å². The summed E-state index contributed by atoms with van der Waals surface area (Å²) in [5.41, 5.74) is 0. The van der Waals surface area contributed by atoms with Crippen molar-refractivity contribution in [2.75, 3.05) is 6.61 Å². The Hall–Kier alpha value is -1.09. The number of aromatic nitrogens is 1. The van der Waals surface area contributed by atoms with Crippen LogP contribution in [0, 0.1) is 5.92 Å². The van der Waals surface area contributed by atoms with Gasteiger partial charge in [-0.15, -0.1) is 0 Å². The summed E-state index contributed by atoms with van der Waals surface area (Å²) in [7, 11) is 0. The molecule has 0 radical (unpaired) electrons. The van der Waals surface area contributed by atoms with Gasteiger partial charge >= 0.3 is 0 Å². The van der Waals surface area contributed by atoms with Gasteiger partial charge in [0.05, 0.1) is 0 Å². The fourth-order valence-corrected chi connectivity index (χ4v) is 2.02. The highest BCUT2D eigenvalue weighted by Gasteiger charge is 2.21. The van der Waals surface area contributed by atoms with Gasteiger partial charge in [-0.05, 0) is 37.7 Å². The number of aliphatic hydroxyl groups is 1. The summed E-state index contributed by atoms with van der Waals surface area (Å²) in [6.07, 6.45) is 6.21. The normalized spacial score (nSPS) is 26.2. The minimum absolute atomic E-state index is 0.280. The maximum absolute atomic E-state index is 9.01. The summed E-state index contributed by atoms with van der Waals surface area (Å²) in [6.45, 7) is 0.316. The van der Waals surface area contributed by atoms with Crippen molar-refractivity contribution in [3.05, 3.63) is 24.4 Å². The molecule has 1 aromatic rings. The van der Waals surface area contributed by atoms with Crippen molar-refractivity contribution in [1.29, 1.82) is 0 Å². The van der Waals surface area contributed by atoms with Crippen molar-refractivity contribution >= 4 is 0 Å². The fraction of sp³-hybridized carbons (Fsp3) is 0.583. The van der Waals surface area contributed by atoms with Gasteiger partial charge < -0.3 is 9.84 Å². The Morgan fingerprint density at radius 2 is 2.07 bits per heavy atom. The molecule has 3 nitrogen and oxygen atoms in total. The first kappa shape index (κ1) is 10.4. The molecule has 0 amide bonds. The Kier molecular flexibility index (Phi) is 3.56. The van der Waals surface area contributed by atoms with Gasteiger partial charge in [-0.1, -0.05) is 6.07 Å². The second-order valence-electron chi connectivity index (χ2n) is 4.11. The largest absolute Gasteiger partial charge is 0.474 e. The van der Waals surface area contributed by atoms with E-state index in [0.29, 0.717) is 18.4 Å². The van der Waals surface area contributed by atoms with Crippen molar-refractivity contribution in [3.63, 3.8) is 0 Å². The highest BCUT2D eigenvalue weighted by atomic mass is 16.5. The molecule has 1 fully saturated rings. The van der Waals surface area contributed by atoms with Crippen LogP contribution >= 0.6 is 0 Å². The molecule has 1 aliphatic carbocycles. The highest BCUT2D eigenvalue weighted by molar-refractivity contribution is 5.09. The SMILES string of the molecule is OCC1CCC(Oc2ccccn2)CC1. The zero-order valence-corrected chi connectivity index (χ0v) is 8.80. The first-order chi connectivity index (χ1) is 7.38. The van der Waals surface area contributed by atoms with E-state index in [1.54, 1.807) is 6.20 Å². The number of hydrogen-bond donors (Lipinski definition) is 1. The van der Waals surface area contributed by atoms with Crippen LogP contribution in [0.2, 0.25) is 0 Å². The topological polar surface area (TPSA) is 42.4 Å². The summed E-state index contributed by atoms with van der Waals surface area (Å²) in [5.74, 6) is 1.19. The van der Waals surface area contributed by atoms with Crippen LogP contribution in [0.1, 0.15) is 25.7 Å². The van der Waals surface area contributed by atoms with E-state index in [1.165, 1.54) is 0 Å². The average molecular weight is 207 g/mol. The molecule has 3 heteroatoms. The van der Waals surface area contributed by atoms with E-state index in [9.17, 15) is 0 Å². The lowest BCUT2D eigenvalue weighted by molar-refractivity contribution is 0.100. The Balaban J connectivity index is 1.82. The number of pyridine rings is 1. The molecular weight excluding hydrogens is 190 g/mol. The number of ether oxygens (including phenoxy) is 1.